The summed E-state index contributed by atoms with van der Waals surface area (Å²) >= 11 is 3.19. The first-order chi connectivity index (χ1) is 6.66. The Morgan fingerprint density at radius 1 is 1.29 bits per heavy atom. The van der Waals surface area contributed by atoms with E-state index in [0.29, 0.717) is 4.80 Å². The molecule has 1 heterocycles. The van der Waals surface area contributed by atoms with E-state index in [4.69, 9.17) is 4.42 Å². The molecular formula is C11H10BrNO. The van der Waals surface area contributed by atoms with Gasteiger partial charge >= 0.3 is 0 Å². The molecule has 0 aliphatic carbocycles. The minimum absolute atomic E-state index is 0.522. The van der Waals surface area contributed by atoms with Gasteiger partial charge in [-0.1, -0.05) is 17.7 Å². The topological polar surface area (TPSA) is 26.0 Å². The highest BCUT2D eigenvalue weighted by atomic mass is 79.9. The van der Waals surface area contributed by atoms with Crippen LogP contribution in [0.4, 0.5) is 0 Å². The molecule has 2 rings (SSSR count). The van der Waals surface area contributed by atoms with E-state index in [0.717, 1.165) is 11.3 Å². The molecular weight excluding hydrogens is 242 g/mol. The molecule has 72 valence electrons. The zero-order valence-electron chi connectivity index (χ0n) is 8.04. The summed E-state index contributed by atoms with van der Waals surface area (Å²) in [7, 11) is 0. The maximum absolute atomic E-state index is 5.12. The lowest BCUT2D eigenvalue weighted by molar-refractivity contribution is 0.529. The first-order valence-electron chi connectivity index (χ1n) is 4.35. The van der Waals surface area contributed by atoms with Gasteiger partial charge in [-0.05, 0) is 25.5 Å². The van der Waals surface area contributed by atoms with Crippen molar-refractivity contribution in [2.45, 2.75) is 13.8 Å². The molecule has 0 unspecified atom stereocenters. The number of halogens is 1. The second kappa shape index (κ2) is 3.58. The first kappa shape index (κ1) is 9.46. The van der Waals surface area contributed by atoms with Crippen LogP contribution < -0.4 is 0 Å². The van der Waals surface area contributed by atoms with Crippen LogP contribution in [0.1, 0.15) is 11.1 Å². The smallest absolute Gasteiger partial charge is 0.264 e. The Bertz CT molecular complexity index is 462. The Morgan fingerprint density at radius 2 is 2.07 bits per heavy atom. The Balaban J connectivity index is 2.55. The third-order valence-corrected chi connectivity index (χ3v) is 2.51. The van der Waals surface area contributed by atoms with E-state index in [-0.39, 0.29) is 0 Å². The zero-order valence-corrected chi connectivity index (χ0v) is 9.63. The van der Waals surface area contributed by atoms with E-state index < -0.39 is 0 Å². The lowest BCUT2D eigenvalue weighted by Crippen LogP contribution is -1.84. The summed E-state index contributed by atoms with van der Waals surface area (Å²) in [6, 6.07) is 6.29. The third-order valence-electron chi connectivity index (χ3n) is 2.15. The monoisotopic (exact) mass is 251 g/mol. The molecule has 3 heteroatoms. The summed E-state index contributed by atoms with van der Waals surface area (Å²) in [6.07, 6.45) is 1.66. The van der Waals surface area contributed by atoms with Crippen molar-refractivity contribution in [1.29, 1.82) is 0 Å². The minimum Gasteiger partial charge on any atom is -0.439 e. The van der Waals surface area contributed by atoms with Gasteiger partial charge in [0.1, 0.15) is 12.0 Å². The lowest BCUT2D eigenvalue weighted by Gasteiger charge is -2.02. The SMILES string of the molecule is Cc1ccc(C)c(-c2coc(Br)n2)c1. The molecule has 1 aromatic heterocycles. The van der Waals surface area contributed by atoms with Gasteiger partial charge in [0.2, 0.25) is 0 Å². The second-order valence-corrected chi connectivity index (χ2v) is 3.98. The number of aryl methyl sites for hydroxylation is 2. The number of oxazole rings is 1. The van der Waals surface area contributed by atoms with E-state index in [2.05, 4.69) is 53.0 Å². The summed E-state index contributed by atoms with van der Waals surface area (Å²) in [5.74, 6) is 0. The van der Waals surface area contributed by atoms with Crippen molar-refractivity contribution in [3.63, 3.8) is 0 Å². The van der Waals surface area contributed by atoms with Crippen LogP contribution >= 0.6 is 15.9 Å². The summed E-state index contributed by atoms with van der Waals surface area (Å²) in [4.78, 5) is 4.75. The van der Waals surface area contributed by atoms with Crippen molar-refractivity contribution in [3.8, 4) is 11.3 Å². The average Bonchev–Trinajstić information content (AvgIpc) is 2.56. The summed E-state index contributed by atoms with van der Waals surface area (Å²) in [5.41, 5.74) is 4.43. The summed E-state index contributed by atoms with van der Waals surface area (Å²) in [5, 5.41) is 0. The number of hydrogen-bond donors (Lipinski definition) is 0. The molecule has 0 amide bonds. The van der Waals surface area contributed by atoms with Gasteiger partial charge < -0.3 is 4.42 Å². The van der Waals surface area contributed by atoms with Gasteiger partial charge in [-0.2, -0.15) is 0 Å². The number of rotatable bonds is 1. The fourth-order valence-corrected chi connectivity index (χ4v) is 1.67. The normalized spacial score (nSPS) is 10.5. The van der Waals surface area contributed by atoms with E-state index in [1.165, 1.54) is 11.1 Å². The first-order valence-corrected chi connectivity index (χ1v) is 5.15. The van der Waals surface area contributed by atoms with Crippen LogP contribution in [0.5, 0.6) is 0 Å². The van der Waals surface area contributed by atoms with Crippen LogP contribution in [0.15, 0.2) is 33.7 Å². The highest BCUT2D eigenvalue weighted by Gasteiger charge is 2.06. The summed E-state index contributed by atoms with van der Waals surface area (Å²) < 4.78 is 5.12. The van der Waals surface area contributed by atoms with Gasteiger partial charge in [0.05, 0.1) is 0 Å². The third kappa shape index (κ3) is 1.73. The number of hydrogen-bond acceptors (Lipinski definition) is 2. The molecule has 2 aromatic rings. The van der Waals surface area contributed by atoms with Crippen LogP contribution in [0.3, 0.4) is 0 Å². The largest absolute Gasteiger partial charge is 0.439 e. The minimum atomic E-state index is 0.522. The van der Waals surface area contributed by atoms with Crippen LogP contribution in [-0.4, -0.2) is 4.98 Å². The molecule has 2 nitrogen and oxygen atoms in total. The Kier molecular flexibility index (Phi) is 2.42. The van der Waals surface area contributed by atoms with Crippen molar-refractivity contribution in [1.82, 2.24) is 4.98 Å². The molecule has 0 N–H and O–H groups in total. The van der Waals surface area contributed by atoms with Crippen molar-refractivity contribution in [3.05, 3.63) is 40.4 Å². The quantitative estimate of drug-likeness (QED) is 0.773. The van der Waals surface area contributed by atoms with Crippen LogP contribution in [0.25, 0.3) is 11.3 Å². The molecule has 14 heavy (non-hydrogen) atoms. The van der Waals surface area contributed by atoms with E-state index in [9.17, 15) is 0 Å². The van der Waals surface area contributed by atoms with Crippen molar-refractivity contribution < 1.29 is 4.42 Å². The van der Waals surface area contributed by atoms with Gasteiger partial charge in [-0.3, -0.25) is 0 Å². The van der Waals surface area contributed by atoms with Gasteiger partial charge in [-0.15, -0.1) is 0 Å². The van der Waals surface area contributed by atoms with Crippen molar-refractivity contribution >= 4 is 15.9 Å². The molecule has 1 aromatic carbocycles. The predicted molar refractivity (Wildman–Crippen MR) is 59.1 cm³/mol. The lowest BCUT2D eigenvalue weighted by atomic mass is 10.0. The molecule has 0 aliphatic heterocycles. The molecule has 0 spiro atoms. The maximum atomic E-state index is 5.12. The molecule has 0 radical (unpaired) electrons. The van der Waals surface area contributed by atoms with Crippen molar-refractivity contribution in [2.24, 2.45) is 0 Å². The van der Waals surface area contributed by atoms with Crippen LogP contribution in [0, 0.1) is 13.8 Å². The fourth-order valence-electron chi connectivity index (χ4n) is 1.39. The van der Waals surface area contributed by atoms with E-state index in [1.807, 2.05) is 0 Å². The molecule has 0 bridgehead atoms. The van der Waals surface area contributed by atoms with Gasteiger partial charge in [0, 0.05) is 21.5 Å². The molecule has 0 atom stereocenters. The van der Waals surface area contributed by atoms with Crippen LogP contribution in [0.2, 0.25) is 0 Å². The fraction of sp³-hybridized carbons (Fsp3) is 0.182. The van der Waals surface area contributed by atoms with Crippen molar-refractivity contribution in [2.75, 3.05) is 0 Å². The Labute approximate surface area is 91.1 Å². The average molecular weight is 252 g/mol. The highest BCUT2D eigenvalue weighted by molar-refractivity contribution is 9.10. The molecule has 0 saturated carbocycles. The van der Waals surface area contributed by atoms with E-state index >= 15 is 0 Å². The van der Waals surface area contributed by atoms with Gasteiger partial charge in [0.15, 0.2) is 0 Å². The second-order valence-electron chi connectivity index (χ2n) is 3.30. The van der Waals surface area contributed by atoms with Gasteiger partial charge in [-0.25, -0.2) is 4.98 Å². The standard InChI is InChI=1S/C11H10BrNO/c1-7-3-4-8(2)9(5-7)10-6-14-11(12)13-10/h3-6H,1-2H3. The number of aromatic nitrogens is 1. The number of nitrogens with zero attached hydrogens (tertiary/aromatic N) is 1. The Morgan fingerprint density at radius 3 is 2.71 bits per heavy atom. The molecule has 0 aliphatic rings. The van der Waals surface area contributed by atoms with Gasteiger partial charge in [0.25, 0.3) is 4.80 Å². The molecule has 0 saturated heterocycles. The maximum Gasteiger partial charge on any atom is 0.264 e. The Hall–Kier alpha value is -1.09. The highest BCUT2D eigenvalue weighted by Crippen LogP contribution is 2.25. The zero-order chi connectivity index (χ0) is 10.1. The number of benzene rings is 1. The van der Waals surface area contributed by atoms with E-state index in [1.54, 1.807) is 6.26 Å². The predicted octanol–water partition coefficient (Wildman–Crippen LogP) is 3.72. The summed E-state index contributed by atoms with van der Waals surface area (Å²) in [6.45, 7) is 4.13. The van der Waals surface area contributed by atoms with Crippen LogP contribution in [-0.2, 0) is 0 Å². The molecule has 0 fully saturated rings.